The molecular weight excluding hydrogens is 252 g/mol. The van der Waals surface area contributed by atoms with E-state index in [2.05, 4.69) is 0 Å². The van der Waals surface area contributed by atoms with Crippen LogP contribution in [-0.4, -0.2) is 18.4 Å². The molecular formula is C17H22O3. The molecule has 3 heteroatoms. The van der Waals surface area contributed by atoms with Crippen molar-refractivity contribution in [2.75, 3.05) is 6.61 Å². The van der Waals surface area contributed by atoms with E-state index in [1.54, 1.807) is 13.8 Å². The largest absolute Gasteiger partial charge is 0.465 e. The number of carbonyl (C=O) groups is 2. The van der Waals surface area contributed by atoms with Crippen LogP contribution in [0.5, 0.6) is 0 Å². The van der Waals surface area contributed by atoms with Crippen molar-refractivity contribution in [3.63, 3.8) is 0 Å². The minimum Gasteiger partial charge on any atom is -0.465 e. The Morgan fingerprint density at radius 2 is 1.90 bits per heavy atom. The Hall–Kier alpha value is -1.90. The standard InChI is InChI=1S/C17H22O3/c1-5-10-15(14-11-8-7-9-12-14)17(4,13(3)18)16(19)20-6-2/h5,7-12,15H,6H2,1-4H3/b10-5+/t15-,17?/m1/s1. The van der Waals surface area contributed by atoms with Gasteiger partial charge < -0.3 is 4.74 Å². The highest BCUT2D eigenvalue weighted by Crippen LogP contribution is 2.39. The van der Waals surface area contributed by atoms with Gasteiger partial charge in [-0.1, -0.05) is 42.5 Å². The third kappa shape index (κ3) is 3.16. The van der Waals surface area contributed by atoms with Gasteiger partial charge in [-0.2, -0.15) is 0 Å². The molecule has 0 aliphatic heterocycles. The van der Waals surface area contributed by atoms with Crippen LogP contribution in [0.15, 0.2) is 42.5 Å². The minimum absolute atomic E-state index is 0.192. The van der Waals surface area contributed by atoms with Gasteiger partial charge in [0.25, 0.3) is 0 Å². The maximum absolute atomic E-state index is 12.3. The van der Waals surface area contributed by atoms with Gasteiger partial charge in [-0.15, -0.1) is 0 Å². The molecule has 0 aromatic heterocycles. The smallest absolute Gasteiger partial charge is 0.320 e. The zero-order valence-corrected chi connectivity index (χ0v) is 12.6. The average Bonchev–Trinajstić information content (AvgIpc) is 2.45. The van der Waals surface area contributed by atoms with Gasteiger partial charge in [-0.05, 0) is 33.3 Å². The maximum atomic E-state index is 12.3. The normalized spacial score (nSPS) is 15.6. The number of Topliss-reactive ketones (excluding diaryl/α,β-unsaturated/α-hetero) is 1. The fraction of sp³-hybridized carbons (Fsp3) is 0.412. The molecule has 0 bridgehead atoms. The number of esters is 1. The van der Waals surface area contributed by atoms with Crippen molar-refractivity contribution in [2.45, 2.75) is 33.6 Å². The van der Waals surface area contributed by atoms with Crippen molar-refractivity contribution in [1.29, 1.82) is 0 Å². The lowest BCUT2D eigenvalue weighted by Gasteiger charge is -2.31. The first-order valence-electron chi connectivity index (χ1n) is 6.84. The molecule has 0 spiro atoms. The monoisotopic (exact) mass is 274 g/mol. The molecule has 0 N–H and O–H groups in total. The van der Waals surface area contributed by atoms with E-state index in [0.717, 1.165) is 5.56 Å². The van der Waals surface area contributed by atoms with Crippen LogP contribution in [0, 0.1) is 5.41 Å². The van der Waals surface area contributed by atoms with Gasteiger partial charge in [0.2, 0.25) is 0 Å². The quantitative estimate of drug-likeness (QED) is 0.453. The highest BCUT2D eigenvalue weighted by Gasteiger charge is 2.46. The summed E-state index contributed by atoms with van der Waals surface area (Å²) in [5.41, 5.74) is -0.277. The van der Waals surface area contributed by atoms with Gasteiger partial charge in [-0.3, -0.25) is 9.59 Å². The maximum Gasteiger partial charge on any atom is 0.320 e. The fourth-order valence-electron chi connectivity index (χ4n) is 2.26. The Bertz CT molecular complexity index is 490. The number of ether oxygens (including phenoxy) is 1. The zero-order chi connectivity index (χ0) is 15.2. The topological polar surface area (TPSA) is 43.4 Å². The lowest BCUT2D eigenvalue weighted by atomic mass is 9.70. The molecule has 20 heavy (non-hydrogen) atoms. The van der Waals surface area contributed by atoms with Gasteiger partial charge in [0.1, 0.15) is 11.2 Å². The fourth-order valence-corrected chi connectivity index (χ4v) is 2.26. The molecule has 0 heterocycles. The summed E-state index contributed by atoms with van der Waals surface area (Å²) in [6.45, 7) is 6.98. The van der Waals surface area contributed by atoms with Gasteiger partial charge in [-0.25, -0.2) is 0 Å². The Balaban J connectivity index is 3.34. The van der Waals surface area contributed by atoms with Crippen LogP contribution in [-0.2, 0) is 14.3 Å². The summed E-state index contributed by atoms with van der Waals surface area (Å²) in [5.74, 6) is -0.993. The van der Waals surface area contributed by atoms with Gasteiger partial charge in [0.05, 0.1) is 6.61 Å². The second-order valence-corrected chi connectivity index (χ2v) is 4.89. The van der Waals surface area contributed by atoms with Crippen LogP contribution in [0.3, 0.4) is 0 Å². The molecule has 0 aliphatic carbocycles. The van der Waals surface area contributed by atoms with Crippen molar-refractivity contribution in [3.8, 4) is 0 Å². The molecule has 1 rings (SSSR count). The molecule has 3 nitrogen and oxygen atoms in total. The van der Waals surface area contributed by atoms with Gasteiger partial charge in [0, 0.05) is 5.92 Å². The highest BCUT2D eigenvalue weighted by molar-refractivity contribution is 6.03. The lowest BCUT2D eigenvalue weighted by Crippen LogP contribution is -2.41. The van der Waals surface area contributed by atoms with E-state index in [9.17, 15) is 9.59 Å². The molecule has 1 aromatic carbocycles. The molecule has 2 atom stereocenters. The second-order valence-electron chi connectivity index (χ2n) is 4.89. The number of carbonyl (C=O) groups excluding carboxylic acids is 2. The Morgan fingerprint density at radius 3 is 2.35 bits per heavy atom. The van der Waals surface area contributed by atoms with E-state index in [1.165, 1.54) is 6.92 Å². The molecule has 0 fully saturated rings. The van der Waals surface area contributed by atoms with Crippen molar-refractivity contribution in [1.82, 2.24) is 0 Å². The third-order valence-electron chi connectivity index (χ3n) is 3.60. The van der Waals surface area contributed by atoms with Gasteiger partial charge in [0.15, 0.2) is 0 Å². The highest BCUT2D eigenvalue weighted by atomic mass is 16.5. The summed E-state index contributed by atoms with van der Waals surface area (Å²) in [4.78, 5) is 24.5. The first-order valence-corrected chi connectivity index (χ1v) is 6.84. The van der Waals surface area contributed by atoms with Crippen LogP contribution < -0.4 is 0 Å². The summed E-state index contributed by atoms with van der Waals surface area (Å²) >= 11 is 0. The summed E-state index contributed by atoms with van der Waals surface area (Å²) in [5, 5.41) is 0. The average molecular weight is 274 g/mol. The van der Waals surface area contributed by atoms with Crippen molar-refractivity contribution in [2.24, 2.45) is 5.41 Å². The van der Waals surface area contributed by atoms with Crippen molar-refractivity contribution >= 4 is 11.8 Å². The molecule has 0 amide bonds. The predicted molar refractivity (Wildman–Crippen MR) is 79.4 cm³/mol. The number of benzene rings is 1. The van der Waals surface area contributed by atoms with E-state index in [4.69, 9.17) is 4.74 Å². The number of allylic oxidation sites excluding steroid dienone is 2. The molecule has 0 saturated heterocycles. The summed E-state index contributed by atoms with van der Waals surface area (Å²) in [6, 6.07) is 9.55. The summed E-state index contributed by atoms with van der Waals surface area (Å²) in [6.07, 6.45) is 3.74. The van der Waals surface area contributed by atoms with Crippen LogP contribution >= 0.6 is 0 Å². The SMILES string of the molecule is C/C=C/[C@H](c1ccccc1)C(C)(C(C)=O)C(=O)OCC. The first-order chi connectivity index (χ1) is 9.48. The lowest BCUT2D eigenvalue weighted by molar-refractivity contribution is -0.159. The number of hydrogen-bond acceptors (Lipinski definition) is 3. The van der Waals surface area contributed by atoms with Gasteiger partial charge >= 0.3 is 5.97 Å². The Labute approximate surface area is 120 Å². The van der Waals surface area contributed by atoms with E-state index in [-0.39, 0.29) is 18.3 Å². The predicted octanol–water partition coefficient (Wildman–Crippen LogP) is 3.50. The van der Waals surface area contributed by atoms with Crippen molar-refractivity contribution < 1.29 is 14.3 Å². The van der Waals surface area contributed by atoms with Crippen molar-refractivity contribution in [3.05, 3.63) is 48.0 Å². The van der Waals surface area contributed by atoms with Crippen LogP contribution in [0.25, 0.3) is 0 Å². The molecule has 1 unspecified atom stereocenters. The van der Waals surface area contributed by atoms with Crippen LogP contribution in [0.1, 0.15) is 39.2 Å². The number of ketones is 1. The molecule has 0 aliphatic rings. The Kier molecular flexibility index (Phi) is 5.68. The first kappa shape index (κ1) is 16.2. The second kappa shape index (κ2) is 7.04. The number of hydrogen-bond donors (Lipinski definition) is 0. The zero-order valence-electron chi connectivity index (χ0n) is 12.6. The van der Waals surface area contributed by atoms with Crippen LogP contribution in [0.4, 0.5) is 0 Å². The van der Waals surface area contributed by atoms with E-state index in [0.29, 0.717) is 0 Å². The molecule has 0 saturated carbocycles. The summed E-state index contributed by atoms with van der Waals surface area (Å²) < 4.78 is 5.12. The molecule has 0 radical (unpaired) electrons. The summed E-state index contributed by atoms with van der Waals surface area (Å²) in [7, 11) is 0. The van der Waals surface area contributed by atoms with E-state index in [1.807, 2.05) is 49.4 Å². The minimum atomic E-state index is -1.20. The van der Waals surface area contributed by atoms with Crippen LogP contribution in [0.2, 0.25) is 0 Å². The molecule has 108 valence electrons. The molecule has 1 aromatic rings. The van der Waals surface area contributed by atoms with E-state index >= 15 is 0 Å². The van der Waals surface area contributed by atoms with E-state index < -0.39 is 11.4 Å². The number of rotatable bonds is 6. The third-order valence-corrected chi connectivity index (χ3v) is 3.60. The Morgan fingerprint density at radius 1 is 1.30 bits per heavy atom.